The van der Waals surface area contributed by atoms with Crippen molar-refractivity contribution in [3.63, 3.8) is 0 Å². The van der Waals surface area contributed by atoms with Gasteiger partial charge in [-0.3, -0.25) is 14.8 Å². The second kappa shape index (κ2) is 4.96. The first-order chi connectivity index (χ1) is 9.38. The van der Waals surface area contributed by atoms with E-state index in [9.17, 15) is 14.9 Å². The molecule has 0 saturated heterocycles. The molecule has 0 fully saturated rings. The fraction of sp³-hybridized carbons (Fsp3) is 0.182. The van der Waals surface area contributed by atoms with Crippen molar-refractivity contribution in [3.8, 4) is 0 Å². The van der Waals surface area contributed by atoms with Crippen LogP contribution >= 0.6 is 0 Å². The van der Waals surface area contributed by atoms with Crippen molar-refractivity contribution in [2.45, 2.75) is 6.92 Å². The maximum atomic E-state index is 11.0. The summed E-state index contributed by atoms with van der Waals surface area (Å²) in [6, 6.07) is 0.962. The van der Waals surface area contributed by atoms with E-state index in [1.54, 1.807) is 24.9 Å². The molecule has 0 bridgehead atoms. The van der Waals surface area contributed by atoms with Crippen LogP contribution in [-0.2, 0) is 7.05 Å². The maximum absolute atomic E-state index is 11.0. The van der Waals surface area contributed by atoms with Gasteiger partial charge in [-0.25, -0.2) is 9.78 Å². The van der Waals surface area contributed by atoms with Gasteiger partial charge in [0.25, 0.3) is 0 Å². The highest BCUT2D eigenvalue weighted by atomic mass is 16.6. The number of pyridine rings is 1. The van der Waals surface area contributed by atoms with Crippen LogP contribution in [0.2, 0.25) is 0 Å². The van der Waals surface area contributed by atoms with Crippen LogP contribution in [0.25, 0.3) is 0 Å². The van der Waals surface area contributed by atoms with E-state index < -0.39 is 16.6 Å². The van der Waals surface area contributed by atoms with Gasteiger partial charge in [-0.2, -0.15) is 5.10 Å². The topological polar surface area (TPSA) is 123 Å². The van der Waals surface area contributed by atoms with Crippen molar-refractivity contribution >= 4 is 23.2 Å². The van der Waals surface area contributed by atoms with Crippen LogP contribution in [0.15, 0.2) is 18.5 Å². The highest BCUT2D eigenvalue weighted by molar-refractivity contribution is 5.89. The van der Waals surface area contributed by atoms with Gasteiger partial charge in [-0.05, 0) is 6.92 Å². The summed E-state index contributed by atoms with van der Waals surface area (Å²) in [7, 11) is 1.72. The number of nitrogens with zero attached hydrogens (tertiary/aromatic N) is 4. The fourth-order valence-corrected chi connectivity index (χ4v) is 1.66. The molecule has 2 aromatic heterocycles. The monoisotopic (exact) mass is 277 g/mol. The molecule has 0 atom stereocenters. The molecule has 0 aliphatic heterocycles. The number of hydrogen-bond donors (Lipinski definition) is 2. The van der Waals surface area contributed by atoms with Crippen molar-refractivity contribution in [2.75, 3.05) is 5.32 Å². The number of carboxylic acids is 1. The van der Waals surface area contributed by atoms with Crippen LogP contribution in [0, 0.1) is 17.0 Å². The molecule has 9 heteroatoms. The largest absolute Gasteiger partial charge is 0.478 e. The fourth-order valence-electron chi connectivity index (χ4n) is 1.66. The summed E-state index contributed by atoms with van der Waals surface area (Å²) in [5, 5.41) is 26.7. The predicted molar refractivity (Wildman–Crippen MR) is 69.1 cm³/mol. The van der Waals surface area contributed by atoms with Crippen LogP contribution in [0.5, 0.6) is 0 Å². The van der Waals surface area contributed by atoms with Gasteiger partial charge in [0.2, 0.25) is 5.82 Å². The Morgan fingerprint density at radius 1 is 1.55 bits per heavy atom. The Kier molecular flexibility index (Phi) is 3.34. The number of anilines is 2. The lowest BCUT2D eigenvalue weighted by molar-refractivity contribution is -0.384. The summed E-state index contributed by atoms with van der Waals surface area (Å²) in [6.45, 7) is 1.74. The number of carboxylic acid groups (broad SMARTS) is 1. The van der Waals surface area contributed by atoms with E-state index in [-0.39, 0.29) is 11.4 Å². The lowest BCUT2D eigenvalue weighted by Gasteiger charge is -2.05. The third kappa shape index (κ3) is 2.55. The Bertz CT molecular complexity index is 694. The Balaban J connectivity index is 2.43. The number of rotatable bonds is 4. The molecule has 0 radical (unpaired) electrons. The second-order valence-electron chi connectivity index (χ2n) is 4.08. The Morgan fingerprint density at radius 3 is 2.75 bits per heavy atom. The third-order valence-corrected chi connectivity index (χ3v) is 2.58. The molecule has 9 nitrogen and oxygen atoms in total. The van der Waals surface area contributed by atoms with E-state index >= 15 is 0 Å². The van der Waals surface area contributed by atoms with Crippen molar-refractivity contribution in [2.24, 2.45) is 7.05 Å². The van der Waals surface area contributed by atoms with Crippen molar-refractivity contribution in [1.29, 1.82) is 0 Å². The number of hydrogen-bond acceptors (Lipinski definition) is 6. The first-order valence-corrected chi connectivity index (χ1v) is 5.53. The third-order valence-electron chi connectivity index (χ3n) is 2.58. The standard InChI is InChI=1S/C11H11N5O4/c1-6-8(5-15(2)14-6)13-10-9(16(19)20)3-7(4-12-10)11(17)18/h3-5H,1-2H3,(H,12,13)(H,17,18). The second-order valence-corrected chi connectivity index (χ2v) is 4.08. The average molecular weight is 277 g/mol. The molecular formula is C11H11N5O4. The zero-order valence-electron chi connectivity index (χ0n) is 10.7. The molecule has 0 aliphatic rings. The molecule has 20 heavy (non-hydrogen) atoms. The molecule has 2 rings (SSSR count). The minimum atomic E-state index is -1.27. The molecular weight excluding hydrogens is 266 g/mol. The number of aryl methyl sites for hydroxylation is 2. The highest BCUT2D eigenvalue weighted by Gasteiger charge is 2.20. The van der Waals surface area contributed by atoms with E-state index in [2.05, 4.69) is 15.4 Å². The number of nitro groups is 1. The quantitative estimate of drug-likeness (QED) is 0.640. The summed E-state index contributed by atoms with van der Waals surface area (Å²) in [5.74, 6) is -1.30. The molecule has 2 aromatic rings. The number of carbonyl (C=O) groups is 1. The Morgan fingerprint density at radius 2 is 2.25 bits per heavy atom. The lowest BCUT2D eigenvalue weighted by atomic mass is 10.2. The molecule has 2 N–H and O–H groups in total. The Labute approximate surface area is 113 Å². The zero-order chi connectivity index (χ0) is 14.9. The molecule has 104 valence electrons. The summed E-state index contributed by atoms with van der Waals surface area (Å²) in [4.78, 5) is 24.9. The van der Waals surface area contributed by atoms with Crippen LogP contribution in [-0.4, -0.2) is 30.8 Å². The van der Waals surface area contributed by atoms with E-state index in [4.69, 9.17) is 5.11 Å². The van der Waals surface area contributed by atoms with Crippen LogP contribution in [0.4, 0.5) is 17.2 Å². The summed E-state index contributed by atoms with van der Waals surface area (Å²) in [6.07, 6.45) is 2.70. The first-order valence-electron chi connectivity index (χ1n) is 5.53. The van der Waals surface area contributed by atoms with Crippen LogP contribution in [0.3, 0.4) is 0 Å². The minimum absolute atomic E-state index is 0.0314. The molecule has 0 saturated carbocycles. The zero-order valence-corrected chi connectivity index (χ0v) is 10.7. The minimum Gasteiger partial charge on any atom is -0.478 e. The molecule has 2 heterocycles. The van der Waals surface area contributed by atoms with Gasteiger partial charge in [0.05, 0.1) is 21.9 Å². The molecule has 0 aliphatic carbocycles. The van der Waals surface area contributed by atoms with Gasteiger partial charge in [0, 0.05) is 25.5 Å². The van der Waals surface area contributed by atoms with Crippen LogP contribution in [0.1, 0.15) is 16.1 Å². The van der Waals surface area contributed by atoms with Gasteiger partial charge < -0.3 is 10.4 Å². The Hall–Kier alpha value is -2.97. The average Bonchev–Trinajstić information content (AvgIpc) is 2.67. The smallest absolute Gasteiger partial charge is 0.337 e. The van der Waals surface area contributed by atoms with E-state index in [0.717, 1.165) is 12.3 Å². The summed E-state index contributed by atoms with van der Waals surface area (Å²) in [5.41, 5.74) is 0.551. The van der Waals surface area contributed by atoms with Gasteiger partial charge in [0.15, 0.2) is 0 Å². The van der Waals surface area contributed by atoms with Gasteiger partial charge in [-0.15, -0.1) is 0 Å². The van der Waals surface area contributed by atoms with Crippen LogP contribution < -0.4 is 5.32 Å². The highest BCUT2D eigenvalue weighted by Crippen LogP contribution is 2.27. The van der Waals surface area contributed by atoms with E-state index in [1.165, 1.54) is 0 Å². The lowest BCUT2D eigenvalue weighted by Crippen LogP contribution is -2.04. The van der Waals surface area contributed by atoms with Crippen molar-refractivity contribution in [3.05, 3.63) is 39.8 Å². The molecule has 0 spiro atoms. The van der Waals surface area contributed by atoms with Gasteiger partial charge in [0.1, 0.15) is 0 Å². The van der Waals surface area contributed by atoms with E-state index in [0.29, 0.717) is 11.4 Å². The number of aromatic carboxylic acids is 1. The van der Waals surface area contributed by atoms with Gasteiger partial charge >= 0.3 is 11.7 Å². The van der Waals surface area contributed by atoms with Crippen molar-refractivity contribution < 1.29 is 14.8 Å². The molecule has 0 unspecified atom stereocenters. The maximum Gasteiger partial charge on any atom is 0.337 e. The summed E-state index contributed by atoms with van der Waals surface area (Å²) >= 11 is 0. The number of nitrogens with one attached hydrogen (secondary N) is 1. The molecule has 0 aromatic carbocycles. The predicted octanol–water partition coefficient (Wildman–Crippen LogP) is 1.47. The van der Waals surface area contributed by atoms with E-state index in [1.807, 2.05) is 0 Å². The first kappa shape index (κ1) is 13.5. The normalized spacial score (nSPS) is 10.3. The van der Waals surface area contributed by atoms with Crippen molar-refractivity contribution in [1.82, 2.24) is 14.8 Å². The summed E-state index contributed by atoms with van der Waals surface area (Å²) < 4.78 is 1.55. The molecule has 0 amide bonds. The number of aromatic nitrogens is 3. The van der Waals surface area contributed by atoms with Gasteiger partial charge in [-0.1, -0.05) is 0 Å². The SMILES string of the molecule is Cc1nn(C)cc1Nc1ncc(C(=O)O)cc1[N+](=O)[O-].